The van der Waals surface area contributed by atoms with Gasteiger partial charge in [0.15, 0.2) is 0 Å². The maximum absolute atomic E-state index is 12.8. The number of hydrogen-bond acceptors (Lipinski definition) is 4. The average molecular weight is 361 g/mol. The van der Waals surface area contributed by atoms with E-state index in [0.717, 1.165) is 71.9 Å². The Kier molecular flexibility index (Phi) is 7.73. The third-order valence-corrected chi connectivity index (χ3v) is 5.19. The Balaban J connectivity index is 1.50. The maximum atomic E-state index is 12.8. The third-order valence-electron chi connectivity index (χ3n) is 5.19. The molecule has 0 saturated carbocycles. The molecule has 1 N–H and O–H groups in total. The van der Waals surface area contributed by atoms with E-state index in [-0.39, 0.29) is 12.1 Å². The van der Waals surface area contributed by atoms with Gasteiger partial charge in [-0.3, -0.25) is 4.90 Å². The van der Waals surface area contributed by atoms with Crippen molar-refractivity contribution in [2.45, 2.75) is 25.3 Å². The van der Waals surface area contributed by atoms with Gasteiger partial charge in [0, 0.05) is 52.0 Å². The second-order valence-electron chi connectivity index (χ2n) is 6.96. The van der Waals surface area contributed by atoms with Crippen LogP contribution in [0.2, 0.25) is 0 Å². The SMILES string of the molecule is O=C(NCCc1ccccc1)N(CCN1CCOCC1)C1CCOCC1. The lowest BCUT2D eigenvalue weighted by Crippen LogP contribution is -2.52. The molecule has 0 bridgehead atoms. The van der Waals surface area contributed by atoms with Gasteiger partial charge >= 0.3 is 6.03 Å². The van der Waals surface area contributed by atoms with E-state index >= 15 is 0 Å². The Hall–Kier alpha value is -1.63. The van der Waals surface area contributed by atoms with Gasteiger partial charge in [0.25, 0.3) is 0 Å². The van der Waals surface area contributed by atoms with Crippen molar-refractivity contribution in [3.63, 3.8) is 0 Å². The number of nitrogens with one attached hydrogen (secondary N) is 1. The average Bonchev–Trinajstić information content (AvgIpc) is 2.70. The van der Waals surface area contributed by atoms with E-state index in [4.69, 9.17) is 9.47 Å². The Morgan fingerprint density at radius 1 is 1.08 bits per heavy atom. The Labute approximate surface area is 156 Å². The van der Waals surface area contributed by atoms with Gasteiger partial charge in [-0.2, -0.15) is 0 Å². The maximum Gasteiger partial charge on any atom is 0.317 e. The first-order valence-corrected chi connectivity index (χ1v) is 9.79. The van der Waals surface area contributed by atoms with E-state index in [1.54, 1.807) is 0 Å². The van der Waals surface area contributed by atoms with Gasteiger partial charge in [0.1, 0.15) is 0 Å². The third kappa shape index (κ3) is 5.97. The highest BCUT2D eigenvalue weighted by Gasteiger charge is 2.26. The van der Waals surface area contributed by atoms with E-state index in [1.165, 1.54) is 5.56 Å². The van der Waals surface area contributed by atoms with Gasteiger partial charge in [0.2, 0.25) is 0 Å². The molecule has 0 radical (unpaired) electrons. The summed E-state index contributed by atoms with van der Waals surface area (Å²) >= 11 is 0. The van der Waals surface area contributed by atoms with E-state index in [1.807, 2.05) is 23.1 Å². The van der Waals surface area contributed by atoms with Crippen molar-refractivity contribution in [3.8, 4) is 0 Å². The summed E-state index contributed by atoms with van der Waals surface area (Å²) in [6.07, 6.45) is 2.71. The van der Waals surface area contributed by atoms with Crippen molar-refractivity contribution in [3.05, 3.63) is 35.9 Å². The first-order valence-electron chi connectivity index (χ1n) is 9.79. The Morgan fingerprint density at radius 3 is 2.50 bits per heavy atom. The number of nitrogens with zero attached hydrogens (tertiary/aromatic N) is 2. The van der Waals surface area contributed by atoms with Crippen LogP contribution in [0.3, 0.4) is 0 Å². The van der Waals surface area contributed by atoms with Crippen molar-refractivity contribution in [2.24, 2.45) is 0 Å². The van der Waals surface area contributed by atoms with Gasteiger partial charge in [-0.1, -0.05) is 30.3 Å². The molecular weight excluding hydrogens is 330 g/mol. The summed E-state index contributed by atoms with van der Waals surface area (Å²) in [5, 5.41) is 3.12. The van der Waals surface area contributed by atoms with Crippen molar-refractivity contribution < 1.29 is 14.3 Å². The van der Waals surface area contributed by atoms with Crippen LogP contribution in [0.1, 0.15) is 18.4 Å². The number of morpholine rings is 1. The zero-order valence-electron chi connectivity index (χ0n) is 15.6. The largest absolute Gasteiger partial charge is 0.381 e. The summed E-state index contributed by atoms with van der Waals surface area (Å²) in [5.41, 5.74) is 1.25. The molecule has 1 aromatic carbocycles. The molecule has 2 saturated heterocycles. The lowest BCUT2D eigenvalue weighted by Gasteiger charge is -2.36. The van der Waals surface area contributed by atoms with Gasteiger partial charge < -0.3 is 19.7 Å². The summed E-state index contributed by atoms with van der Waals surface area (Å²) in [4.78, 5) is 17.2. The molecule has 0 atom stereocenters. The minimum absolute atomic E-state index is 0.0566. The molecule has 26 heavy (non-hydrogen) atoms. The standard InChI is InChI=1S/C20H31N3O3/c24-20(21-9-6-18-4-2-1-3-5-18)23(19-7-14-25-15-8-19)11-10-22-12-16-26-17-13-22/h1-5,19H,6-17H2,(H,21,24). The fraction of sp³-hybridized carbons (Fsp3) is 0.650. The van der Waals surface area contributed by atoms with Crippen LogP contribution < -0.4 is 5.32 Å². The molecule has 2 amide bonds. The smallest absolute Gasteiger partial charge is 0.317 e. The molecule has 144 valence electrons. The van der Waals surface area contributed by atoms with Crippen LogP contribution in [-0.4, -0.2) is 81.0 Å². The molecule has 0 unspecified atom stereocenters. The lowest BCUT2D eigenvalue weighted by atomic mass is 10.1. The predicted molar refractivity (Wildman–Crippen MR) is 101 cm³/mol. The number of urea groups is 1. The molecule has 0 spiro atoms. The predicted octanol–water partition coefficient (Wildman–Crippen LogP) is 1.75. The number of benzene rings is 1. The number of amides is 2. The van der Waals surface area contributed by atoms with Crippen LogP contribution in [0.5, 0.6) is 0 Å². The number of ether oxygens (including phenoxy) is 2. The normalized spacial score (nSPS) is 19.2. The van der Waals surface area contributed by atoms with Gasteiger partial charge in [-0.25, -0.2) is 4.79 Å². The summed E-state index contributed by atoms with van der Waals surface area (Å²) in [7, 11) is 0. The minimum atomic E-state index is 0.0566. The first kappa shape index (κ1) is 19.1. The summed E-state index contributed by atoms with van der Waals surface area (Å²) in [6.45, 7) is 7.33. The van der Waals surface area contributed by atoms with Crippen LogP contribution in [0.15, 0.2) is 30.3 Å². The number of hydrogen-bond donors (Lipinski definition) is 1. The zero-order chi connectivity index (χ0) is 18.0. The van der Waals surface area contributed by atoms with Crippen LogP contribution in [0.4, 0.5) is 4.79 Å². The molecule has 2 fully saturated rings. The van der Waals surface area contributed by atoms with Crippen LogP contribution in [-0.2, 0) is 15.9 Å². The van der Waals surface area contributed by atoms with Crippen molar-refractivity contribution in [1.29, 1.82) is 0 Å². The fourth-order valence-electron chi connectivity index (χ4n) is 3.58. The van der Waals surface area contributed by atoms with Crippen molar-refractivity contribution in [2.75, 3.05) is 59.2 Å². The molecule has 2 aliphatic rings. The van der Waals surface area contributed by atoms with Crippen LogP contribution in [0.25, 0.3) is 0 Å². The molecule has 0 aliphatic carbocycles. The molecule has 0 aromatic heterocycles. The second-order valence-corrected chi connectivity index (χ2v) is 6.96. The highest BCUT2D eigenvalue weighted by Crippen LogP contribution is 2.15. The molecule has 2 heterocycles. The lowest BCUT2D eigenvalue weighted by molar-refractivity contribution is 0.0226. The Bertz CT molecular complexity index is 528. The number of carbonyl (C=O) groups excluding carboxylic acids is 1. The molecule has 1 aromatic rings. The van der Waals surface area contributed by atoms with Gasteiger partial charge in [-0.15, -0.1) is 0 Å². The van der Waals surface area contributed by atoms with Crippen LogP contribution >= 0.6 is 0 Å². The van der Waals surface area contributed by atoms with Crippen LogP contribution in [0, 0.1) is 0 Å². The summed E-state index contributed by atoms with van der Waals surface area (Å²) in [6, 6.07) is 10.6. The topological polar surface area (TPSA) is 54.0 Å². The summed E-state index contributed by atoms with van der Waals surface area (Å²) < 4.78 is 10.9. The molecule has 6 heteroatoms. The monoisotopic (exact) mass is 361 g/mol. The second kappa shape index (κ2) is 10.5. The highest BCUT2D eigenvalue weighted by atomic mass is 16.5. The summed E-state index contributed by atoms with van der Waals surface area (Å²) in [5.74, 6) is 0. The van der Waals surface area contributed by atoms with E-state index < -0.39 is 0 Å². The number of carbonyl (C=O) groups is 1. The molecule has 3 rings (SSSR count). The van der Waals surface area contributed by atoms with Crippen molar-refractivity contribution >= 4 is 6.03 Å². The zero-order valence-corrected chi connectivity index (χ0v) is 15.6. The van der Waals surface area contributed by atoms with Crippen molar-refractivity contribution in [1.82, 2.24) is 15.1 Å². The molecule has 2 aliphatic heterocycles. The molecule has 6 nitrogen and oxygen atoms in total. The molecular formula is C20H31N3O3. The van der Waals surface area contributed by atoms with Gasteiger partial charge in [0.05, 0.1) is 13.2 Å². The quantitative estimate of drug-likeness (QED) is 0.804. The fourth-order valence-corrected chi connectivity index (χ4v) is 3.58. The minimum Gasteiger partial charge on any atom is -0.381 e. The van der Waals surface area contributed by atoms with Gasteiger partial charge in [-0.05, 0) is 24.8 Å². The van der Waals surface area contributed by atoms with E-state index in [9.17, 15) is 4.79 Å². The number of rotatable bonds is 7. The highest BCUT2D eigenvalue weighted by molar-refractivity contribution is 5.74. The first-order chi connectivity index (χ1) is 12.8. The Morgan fingerprint density at radius 2 is 1.77 bits per heavy atom. The van der Waals surface area contributed by atoms with E-state index in [0.29, 0.717) is 6.54 Å². The van der Waals surface area contributed by atoms with E-state index in [2.05, 4.69) is 22.3 Å².